The van der Waals surface area contributed by atoms with Gasteiger partial charge in [0.05, 0.1) is 11.6 Å². The van der Waals surface area contributed by atoms with Gasteiger partial charge in [-0.3, -0.25) is 9.59 Å². The highest BCUT2D eigenvalue weighted by Gasteiger charge is 2.10. The van der Waals surface area contributed by atoms with Gasteiger partial charge >= 0.3 is 5.97 Å². The molecule has 1 rings (SSSR count). The number of aliphatic carboxylic acids is 1. The predicted molar refractivity (Wildman–Crippen MR) is 119 cm³/mol. The Morgan fingerprint density at radius 2 is 1.75 bits per heavy atom. The van der Waals surface area contributed by atoms with Gasteiger partial charge in [0.25, 0.3) is 5.24 Å². The van der Waals surface area contributed by atoms with E-state index in [-0.39, 0.29) is 11.7 Å². The summed E-state index contributed by atoms with van der Waals surface area (Å²) in [5, 5.41) is 9.63. The molecule has 0 heterocycles. The van der Waals surface area contributed by atoms with Crippen molar-refractivity contribution in [2.75, 3.05) is 25.4 Å². The van der Waals surface area contributed by atoms with Gasteiger partial charge in [-0.1, -0.05) is 55.7 Å². The highest BCUT2D eigenvalue weighted by molar-refractivity contribution is 8.13. The van der Waals surface area contributed by atoms with Crippen molar-refractivity contribution < 1.29 is 19.4 Å². The number of rotatable bonds is 11. The smallest absolute Gasteiger partial charge is 0.303 e. The van der Waals surface area contributed by atoms with Crippen LogP contribution in [0.25, 0.3) is 0 Å². The number of hydrogen-bond donors (Lipinski definition) is 1. The molecule has 8 heteroatoms. The molecule has 1 N–H and O–H groups in total. The summed E-state index contributed by atoms with van der Waals surface area (Å²) in [5.41, 5.74) is 0. The van der Waals surface area contributed by atoms with Gasteiger partial charge in [-0.25, -0.2) is 0 Å². The molecule has 0 spiro atoms. The number of carboxylic acids is 1. The number of carbonyl (C=O) groups is 2. The van der Waals surface area contributed by atoms with Gasteiger partial charge in [0.1, 0.15) is 5.75 Å². The second-order valence-electron chi connectivity index (χ2n) is 6.02. The topological polar surface area (TPSA) is 66.8 Å². The number of ether oxygens (including phenoxy) is 1. The number of carbonyl (C=O) groups excluding carboxylic acids is 1. The van der Waals surface area contributed by atoms with Crippen LogP contribution in [0.15, 0.2) is 18.2 Å². The van der Waals surface area contributed by atoms with E-state index >= 15 is 0 Å². The number of halogens is 2. The first-order valence-electron chi connectivity index (χ1n) is 9.56. The van der Waals surface area contributed by atoms with E-state index in [4.69, 9.17) is 33.0 Å². The van der Waals surface area contributed by atoms with Crippen LogP contribution in [-0.2, 0) is 4.79 Å². The Kier molecular flexibility index (Phi) is 16.1. The molecule has 160 valence electrons. The van der Waals surface area contributed by atoms with Crippen LogP contribution in [0.2, 0.25) is 10.0 Å². The number of nitrogens with zero attached hydrogens (tertiary/aromatic N) is 1. The normalized spacial score (nSPS) is 10.0. The van der Waals surface area contributed by atoms with E-state index in [0.29, 0.717) is 28.8 Å². The van der Waals surface area contributed by atoms with Crippen LogP contribution in [0, 0.1) is 0 Å². The molecule has 0 saturated heterocycles. The Labute approximate surface area is 182 Å². The Morgan fingerprint density at radius 3 is 2.25 bits per heavy atom. The summed E-state index contributed by atoms with van der Waals surface area (Å²) in [4.78, 5) is 23.8. The number of hydrogen-bond acceptors (Lipinski definition) is 4. The SMILES string of the molecule is CCCSC(=O)N(CCC)CCC.O=C(O)CCCOc1ccc(Cl)cc1Cl. The standard InChI is InChI=1S/C10H10Cl2O3.C10H21NOS/c11-7-3-4-9(8(12)6-7)15-5-1-2-10(13)14;1-4-7-11(8-5-2)10(12)13-9-6-3/h3-4,6H,1-2,5H2,(H,13,14);4-9H2,1-3H3. The molecule has 0 unspecified atom stereocenters. The van der Waals surface area contributed by atoms with E-state index in [1.54, 1.807) is 18.2 Å². The zero-order chi connectivity index (χ0) is 21.4. The second-order valence-corrected chi connectivity index (χ2v) is 7.91. The van der Waals surface area contributed by atoms with Gasteiger partial charge in [0.2, 0.25) is 0 Å². The maximum atomic E-state index is 11.6. The molecule has 0 aliphatic rings. The summed E-state index contributed by atoms with van der Waals surface area (Å²) >= 11 is 13.0. The van der Waals surface area contributed by atoms with Gasteiger partial charge in [-0.15, -0.1) is 0 Å². The van der Waals surface area contributed by atoms with E-state index in [1.165, 1.54) is 11.8 Å². The monoisotopic (exact) mass is 451 g/mol. The molecule has 28 heavy (non-hydrogen) atoms. The summed E-state index contributed by atoms with van der Waals surface area (Å²) in [6.07, 6.45) is 3.72. The Balaban J connectivity index is 0.000000528. The van der Waals surface area contributed by atoms with Crippen molar-refractivity contribution in [1.82, 2.24) is 4.90 Å². The van der Waals surface area contributed by atoms with E-state index in [9.17, 15) is 9.59 Å². The lowest BCUT2D eigenvalue weighted by Gasteiger charge is -2.20. The van der Waals surface area contributed by atoms with E-state index in [2.05, 4.69) is 20.8 Å². The third kappa shape index (κ3) is 13.1. The van der Waals surface area contributed by atoms with Crippen molar-refractivity contribution in [3.05, 3.63) is 28.2 Å². The van der Waals surface area contributed by atoms with Crippen LogP contribution in [0.3, 0.4) is 0 Å². The summed E-state index contributed by atoms with van der Waals surface area (Å²) in [6, 6.07) is 4.90. The average molecular weight is 452 g/mol. The summed E-state index contributed by atoms with van der Waals surface area (Å²) in [7, 11) is 0. The Morgan fingerprint density at radius 1 is 1.11 bits per heavy atom. The number of benzene rings is 1. The van der Waals surface area contributed by atoms with Gasteiger partial charge in [-0.05, 0) is 43.9 Å². The fourth-order valence-corrected chi connectivity index (χ4v) is 3.32. The molecule has 0 bridgehead atoms. The van der Waals surface area contributed by atoms with E-state index < -0.39 is 5.97 Å². The van der Waals surface area contributed by atoms with Crippen LogP contribution in [-0.4, -0.2) is 46.7 Å². The molecule has 1 aromatic carbocycles. The lowest BCUT2D eigenvalue weighted by molar-refractivity contribution is -0.137. The molecule has 0 aliphatic carbocycles. The Bertz CT molecular complexity index is 581. The Hall–Kier alpha value is -1.11. The highest BCUT2D eigenvalue weighted by Crippen LogP contribution is 2.27. The van der Waals surface area contributed by atoms with Gasteiger partial charge in [0, 0.05) is 30.3 Å². The molecule has 1 aromatic rings. The molecule has 0 atom stereocenters. The van der Waals surface area contributed by atoms with Crippen LogP contribution in [0.5, 0.6) is 5.75 Å². The third-order valence-electron chi connectivity index (χ3n) is 3.36. The fourth-order valence-electron chi connectivity index (χ4n) is 2.11. The number of carboxylic acid groups (broad SMARTS) is 1. The summed E-state index contributed by atoms with van der Waals surface area (Å²) < 4.78 is 5.29. The highest BCUT2D eigenvalue weighted by atomic mass is 35.5. The van der Waals surface area contributed by atoms with E-state index in [1.807, 2.05) is 4.90 Å². The molecule has 0 fully saturated rings. The summed E-state index contributed by atoms with van der Waals surface area (Å²) in [6.45, 7) is 8.46. The van der Waals surface area contributed by atoms with Crippen molar-refractivity contribution in [2.45, 2.75) is 52.9 Å². The molecule has 5 nitrogen and oxygen atoms in total. The van der Waals surface area contributed by atoms with Crippen LogP contribution in [0.4, 0.5) is 4.79 Å². The lowest BCUT2D eigenvalue weighted by atomic mass is 10.3. The minimum absolute atomic E-state index is 0.0885. The van der Waals surface area contributed by atoms with Crippen LogP contribution >= 0.6 is 35.0 Å². The van der Waals surface area contributed by atoms with Crippen molar-refractivity contribution >= 4 is 46.2 Å². The molecule has 0 radical (unpaired) electrons. The average Bonchev–Trinajstić information content (AvgIpc) is 2.65. The molecular weight excluding hydrogens is 421 g/mol. The molecule has 1 amide bonds. The molecular formula is C20H31Cl2NO4S. The predicted octanol–water partition coefficient (Wildman–Crippen LogP) is 6.61. The number of thioether (sulfide) groups is 1. The first-order chi connectivity index (χ1) is 13.3. The van der Waals surface area contributed by atoms with Crippen LogP contribution in [0.1, 0.15) is 52.9 Å². The van der Waals surface area contributed by atoms with Crippen molar-refractivity contribution in [3.8, 4) is 5.75 Å². The van der Waals surface area contributed by atoms with E-state index in [0.717, 1.165) is 38.1 Å². The first-order valence-corrected chi connectivity index (χ1v) is 11.3. The summed E-state index contributed by atoms with van der Waals surface area (Å²) in [5.74, 6) is 0.634. The zero-order valence-electron chi connectivity index (χ0n) is 16.9. The minimum atomic E-state index is -0.833. The van der Waals surface area contributed by atoms with Gasteiger partial charge < -0.3 is 14.7 Å². The lowest BCUT2D eigenvalue weighted by Crippen LogP contribution is -2.29. The van der Waals surface area contributed by atoms with Crippen molar-refractivity contribution in [2.24, 2.45) is 0 Å². The van der Waals surface area contributed by atoms with Crippen molar-refractivity contribution in [1.29, 1.82) is 0 Å². The molecule has 0 aliphatic heterocycles. The first kappa shape index (κ1) is 26.9. The van der Waals surface area contributed by atoms with Gasteiger partial charge in [-0.2, -0.15) is 0 Å². The van der Waals surface area contributed by atoms with Crippen molar-refractivity contribution in [3.63, 3.8) is 0 Å². The fraction of sp³-hybridized carbons (Fsp3) is 0.600. The minimum Gasteiger partial charge on any atom is -0.492 e. The molecule has 0 aromatic heterocycles. The van der Waals surface area contributed by atoms with Gasteiger partial charge in [0.15, 0.2) is 0 Å². The maximum absolute atomic E-state index is 11.6. The zero-order valence-corrected chi connectivity index (χ0v) is 19.2. The maximum Gasteiger partial charge on any atom is 0.303 e. The quantitative estimate of drug-likeness (QED) is 0.383. The van der Waals surface area contributed by atoms with Crippen LogP contribution < -0.4 is 4.74 Å². The second kappa shape index (κ2) is 16.8. The largest absolute Gasteiger partial charge is 0.492 e. The molecule has 0 saturated carbocycles. The number of amides is 1. The third-order valence-corrected chi connectivity index (χ3v) is 5.01.